The molecular formula is C27H31NO4. The van der Waals surface area contributed by atoms with Crippen LogP contribution in [0.2, 0.25) is 0 Å². The lowest BCUT2D eigenvalue weighted by Crippen LogP contribution is -2.53. The molecule has 2 fully saturated rings. The summed E-state index contributed by atoms with van der Waals surface area (Å²) in [5, 5.41) is 9.85. The number of carboxylic acids is 1. The third kappa shape index (κ3) is 3.68. The Labute approximate surface area is 189 Å². The first kappa shape index (κ1) is 21.0. The van der Waals surface area contributed by atoms with Crippen LogP contribution in [-0.4, -0.2) is 41.3 Å². The summed E-state index contributed by atoms with van der Waals surface area (Å²) in [5.74, 6) is -0.771. The number of fused-ring (bicyclic) bond motifs is 3. The lowest BCUT2D eigenvalue weighted by Gasteiger charge is -2.44. The highest BCUT2D eigenvalue weighted by Gasteiger charge is 2.48. The summed E-state index contributed by atoms with van der Waals surface area (Å²) in [7, 11) is 0. The summed E-state index contributed by atoms with van der Waals surface area (Å²) >= 11 is 0. The van der Waals surface area contributed by atoms with Crippen molar-refractivity contribution in [3.63, 3.8) is 0 Å². The van der Waals surface area contributed by atoms with Crippen molar-refractivity contribution < 1.29 is 19.4 Å². The Morgan fingerprint density at radius 2 is 1.50 bits per heavy atom. The van der Waals surface area contributed by atoms with Crippen LogP contribution in [-0.2, 0) is 9.53 Å². The molecule has 3 aliphatic carbocycles. The minimum absolute atomic E-state index is 0.0108. The van der Waals surface area contributed by atoms with Crippen LogP contribution in [0.15, 0.2) is 48.5 Å². The van der Waals surface area contributed by atoms with Gasteiger partial charge in [0.25, 0.3) is 0 Å². The Kier molecular flexibility index (Phi) is 5.66. The molecule has 0 radical (unpaired) electrons. The fourth-order valence-electron chi connectivity index (χ4n) is 5.78. The molecule has 0 bridgehead atoms. The topological polar surface area (TPSA) is 66.8 Å². The molecule has 5 nitrogen and oxygen atoms in total. The molecule has 0 spiro atoms. The standard InChI is InChI=1S/C27H31NO4/c29-25(30)27(15-8-16-27)18-28(19-9-2-1-3-10-19)26(31)32-17-24-22-13-6-4-11-20(22)21-12-5-7-14-23(21)24/h4-7,11-14,19,24H,1-3,8-10,15-18H2,(H,29,30). The van der Waals surface area contributed by atoms with Gasteiger partial charge in [0.15, 0.2) is 0 Å². The van der Waals surface area contributed by atoms with E-state index in [-0.39, 0.29) is 31.2 Å². The van der Waals surface area contributed by atoms with E-state index in [1.807, 2.05) is 24.3 Å². The van der Waals surface area contributed by atoms with Gasteiger partial charge in [-0.25, -0.2) is 4.79 Å². The molecule has 1 N–H and O–H groups in total. The van der Waals surface area contributed by atoms with Gasteiger partial charge >= 0.3 is 12.1 Å². The smallest absolute Gasteiger partial charge is 0.410 e. The molecule has 2 aromatic carbocycles. The van der Waals surface area contributed by atoms with Crippen molar-refractivity contribution in [1.82, 2.24) is 4.90 Å². The van der Waals surface area contributed by atoms with Crippen LogP contribution in [0.25, 0.3) is 11.1 Å². The van der Waals surface area contributed by atoms with Crippen LogP contribution in [0.3, 0.4) is 0 Å². The molecule has 2 aromatic rings. The number of aliphatic carboxylic acids is 1. The summed E-state index contributed by atoms with van der Waals surface area (Å²) in [6.07, 6.45) is 7.04. The van der Waals surface area contributed by atoms with Gasteiger partial charge < -0.3 is 14.7 Å². The molecule has 5 heteroatoms. The van der Waals surface area contributed by atoms with Crippen molar-refractivity contribution in [2.24, 2.45) is 5.41 Å². The Bertz CT molecular complexity index is 961. The van der Waals surface area contributed by atoms with Gasteiger partial charge in [0.1, 0.15) is 6.61 Å². The first-order valence-corrected chi connectivity index (χ1v) is 11.9. The lowest BCUT2D eigenvalue weighted by molar-refractivity contribution is -0.156. The van der Waals surface area contributed by atoms with Crippen molar-refractivity contribution in [3.8, 4) is 11.1 Å². The van der Waals surface area contributed by atoms with Crippen molar-refractivity contribution in [2.45, 2.75) is 63.3 Å². The minimum Gasteiger partial charge on any atom is -0.481 e. The van der Waals surface area contributed by atoms with Crippen LogP contribution in [0, 0.1) is 5.41 Å². The number of hydrogen-bond donors (Lipinski definition) is 1. The first-order valence-electron chi connectivity index (χ1n) is 11.9. The highest BCUT2D eigenvalue weighted by molar-refractivity contribution is 5.79. The van der Waals surface area contributed by atoms with Crippen LogP contribution < -0.4 is 0 Å². The van der Waals surface area contributed by atoms with E-state index in [2.05, 4.69) is 24.3 Å². The summed E-state index contributed by atoms with van der Waals surface area (Å²) in [5.41, 5.74) is 3.97. The number of hydrogen-bond acceptors (Lipinski definition) is 3. The normalized spacial score (nSPS) is 19.5. The molecule has 32 heavy (non-hydrogen) atoms. The Balaban J connectivity index is 1.35. The van der Waals surface area contributed by atoms with E-state index in [1.54, 1.807) is 4.90 Å². The predicted molar refractivity (Wildman–Crippen MR) is 123 cm³/mol. The van der Waals surface area contributed by atoms with Gasteiger partial charge in [-0.05, 0) is 47.9 Å². The second kappa shape index (κ2) is 8.61. The number of amides is 1. The van der Waals surface area contributed by atoms with Crippen LogP contribution in [0.4, 0.5) is 4.79 Å². The van der Waals surface area contributed by atoms with Gasteiger partial charge in [-0.15, -0.1) is 0 Å². The molecule has 0 unspecified atom stereocenters. The monoisotopic (exact) mass is 433 g/mol. The fourth-order valence-corrected chi connectivity index (χ4v) is 5.78. The molecule has 3 aliphatic rings. The molecule has 5 rings (SSSR count). The van der Waals surface area contributed by atoms with Gasteiger partial charge in [0, 0.05) is 18.5 Å². The maximum absolute atomic E-state index is 13.4. The molecule has 0 aliphatic heterocycles. The Morgan fingerprint density at radius 3 is 2.03 bits per heavy atom. The second-order valence-corrected chi connectivity index (χ2v) is 9.66. The first-order chi connectivity index (χ1) is 15.6. The highest BCUT2D eigenvalue weighted by atomic mass is 16.6. The van der Waals surface area contributed by atoms with E-state index in [0.717, 1.165) is 32.1 Å². The number of ether oxygens (including phenoxy) is 1. The predicted octanol–water partition coefficient (Wildman–Crippen LogP) is 5.83. The largest absolute Gasteiger partial charge is 0.481 e. The van der Waals surface area contributed by atoms with Crippen molar-refractivity contribution in [1.29, 1.82) is 0 Å². The van der Waals surface area contributed by atoms with Crippen molar-refractivity contribution in [3.05, 3.63) is 59.7 Å². The quantitative estimate of drug-likeness (QED) is 0.623. The van der Waals surface area contributed by atoms with Crippen LogP contribution in [0.1, 0.15) is 68.4 Å². The van der Waals surface area contributed by atoms with Crippen molar-refractivity contribution in [2.75, 3.05) is 13.2 Å². The molecule has 0 aromatic heterocycles. The molecule has 0 atom stereocenters. The Morgan fingerprint density at radius 1 is 0.906 bits per heavy atom. The third-order valence-corrected chi connectivity index (χ3v) is 7.82. The zero-order chi connectivity index (χ0) is 22.1. The van der Waals surface area contributed by atoms with Crippen LogP contribution in [0.5, 0.6) is 0 Å². The summed E-state index contributed by atoms with van der Waals surface area (Å²) in [6.45, 7) is 0.541. The number of nitrogens with zero attached hydrogens (tertiary/aromatic N) is 1. The number of carboxylic acid groups (broad SMARTS) is 1. The Hall–Kier alpha value is -2.82. The van der Waals surface area contributed by atoms with Crippen molar-refractivity contribution >= 4 is 12.1 Å². The average Bonchev–Trinajstić information content (AvgIpc) is 3.11. The number of benzene rings is 2. The van der Waals surface area contributed by atoms with E-state index in [1.165, 1.54) is 28.7 Å². The molecule has 1 amide bonds. The maximum Gasteiger partial charge on any atom is 0.410 e. The zero-order valence-electron chi connectivity index (χ0n) is 18.5. The van der Waals surface area contributed by atoms with Gasteiger partial charge in [-0.3, -0.25) is 4.79 Å². The molecular weight excluding hydrogens is 402 g/mol. The number of carbonyl (C=O) groups excluding carboxylic acids is 1. The minimum atomic E-state index is -0.803. The van der Waals surface area contributed by atoms with Crippen LogP contribution >= 0.6 is 0 Å². The average molecular weight is 434 g/mol. The van der Waals surface area contributed by atoms with Gasteiger partial charge in [0.05, 0.1) is 5.41 Å². The van der Waals surface area contributed by atoms with E-state index in [9.17, 15) is 14.7 Å². The SMILES string of the molecule is O=C(OCC1c2ccccc2-c2ccccc21)N(CC1(C(=O)O)CCC1)C1CCCCC1. The van der Waals surface area contributed by atoms with E-state index < -0.39 is 11.4 Å². The number of rotatable bonds is 6. The summed E-state index contributed by atoms with van der Waals surface area (Å²) in [6, 6.07) is 16.7. The molecule has 0 saturated heterocycles. The lowest BCUT2D eigenvalue weighted by atomic mass is 9.68. The zero-order valence-corrected chi connectivity index (χ0v) is 18.5. The molecule has 168 valence electrons. The van der Waals surface area contributed by atoms with Gasteiger partial charge in [-0.2, -0.15) is 0 Å². The van der Waals surface area contributed by atoms with E-state index in [0.29, 0.717) is 12.8 Å². The summed E-state index contributed by atoms with van der Waals surface area (Å²) < 4.78 is 5.94. The van der Waals surface area contributed by atoms with Gasteiger partial charge in [0.2, 0.25) is 0 Å². The maximum atomic E-state index is 13.4. The number of carbonyl (C=O) groups is 2. The van der Waals surface area contributed by atoms with Gasteiger partial charge in [-0.1, -0.05) is 74.2 Å². The second-order valence-electron chi connectivity index (χ2n) is 9.66. The molecule has 0 heterocycles. The summed E-state index contributed by atoms with van der Waals surface area (Å²) in [4.78, 5) is 27.1. The highest BCUT2D eigenvalue weighted by Crippen LogP contribution is 2.45. The fraction of sp³-hybridized carbons (Fsp3) is 0.481. The third-order valence-electron chi connectivity index (χ3n) is 7.82. The van der Waals surface area contributed by atoms with E-state index >= 15 is 0 Å². The molecule has 2 saturated carbocycles. The van der Waals surface area contributed by atoms with E-state index in [4.69, 9.17) is 4.74 Å².